The van der Waals surface area contributed by atoms with Crippen molar-refractivity contribution in [3.63, 3.8) is 0 Å². The third-order valence-corrected chi connectivity index (χ3v) is 3.80. The Morgan fingerprint density at radius 1 is 1.27 bits per heavy atom. The van der Waals surface area contributed by atoms with E-state index in [-0.39, 0.29) is 37.0 Å². The van der Waals surface area contributed by atoms with Gasteiger partial charge in [0.2, 0.25) is 5.91 Å². The highest BCUT2D eigenvalue weighted by Gasteiger charge is 2.15. The van der Waals surface area contributed by atoms with Crippen LogP contribution in [0.3, 0.4) is 0 Å². The number of hydrogen-bond donors (Lipinski definition) is 2. The molecule has 9 nitrogen and oxygen atoms in total. The molecular formula is C17H20N4O5. The van der Waals surface area contributed by atoms with Gasteiger partial charge >= 0.3 is 11.7 Å². The monoisotopic (exact) mass is 360 g/mol. The van der Waals surface area contributed by atoms with E-state index in [1.165, 1.54) is 10.9 Å². The second kappa shape index (κ2) is 9.30. The Hall–Kier alpha value is -3.23. The molecule has 1 atom stereocenters. The molecule has 1 aromatic heterocycles. The summed E-state index contributed by atoms with van der Waals surface area (Å²) < 4.78 is 1.33. The third-order valence-electron chi connectivity index (χ3n) is 3.80. The van der Waals surface area contributed by atoms with Gasteiger partial charge in [-0.3, -0.25) is 24.4 Å². The van der Waals surface area contributed by atoms with Crippen LogP contribution in [0.5, 0.6) is 0 Å². The summed E-state index contributed by atoms with van der Waals surface area (Å²) in [5.41, 5.74) is 0.875. The van der Waals surface area contributed by atoms with Crippen molar-refractivity contribution >= 4 is 17.6 Å². The minimum absolute atomic E-state index is 0.0386. The van der Waals surface area contributed by atoms with Gasteiger partial charge in [-0.05, 0) is 18.4 Å². The lowest BCUT2D eigenvalue weighted by molar-refractivity contribution is -0.385. The molecule has 0 aliphatic heterocycles. The largest absolute Gasteiger partial charge is 0.481 e. The van der Waals surface area contributed by atoms with Crippen LogP contribution in [0.15, 0.2) is 42.7 Å². The Morgan fingerprint density at radius 2 is 2.00 bits per heavy atom. The highest BCUT2D eigenvalue weighted by Crippen LogP contribution is 2.10. The van der Waals surface area contributed by atoms with Crippen molar-refractivity contribution in [3.8, 4) is 0 Å². The van der Waals surface area contributed by atoms with Gasteiger partial charge in [-0.15, -0.1) is 0 Å². The average molecular weight is 360 g/mol. The molecule has 0 saturated heterocycles. The Kier molecular flexibility index (Phi) is 6.84. The van der Waals surface area contributed by atoms with Crippen molar-refractivity contribution < 1.29 is 19.6 Å². The van der Waals surface area contributed by atoms with Gasteiger partial charge in [-0.2, -0.15) is 5.10 Å². The van der Waals surface area contributed by atoms with Gasteiger partial charge in [-0.1, -0.05) is 30.3 Å². The molecule has 26 heavy (non-hydrogen) atoms. The predicted octanol–water partition coefficient (Wildman–Crippen LogP) is 1.77. The summed E-state index contributed by atoms with van der Waals surface area (Å²) in [5, 5.41) is 26.2. The van der Waals surface area contributed by atoms with Gasteiger partial charge in [0, 0.05) is 25.4 Å². The highest BCUT2D eigenvalue weighted by atomic mass is 16.6. The topological polar surface area (TPSA) is 127 Å². The smallest absolute Gasteiger partial charge is 0.306 e. The van der Waals surface area contributed by atoms with Gasteiger partial charge < -0.3 is 10.4 Å². The number of carbonyl (C=O) groups excluding carboxylic acids is 1. The van der Waals surface area contributed by atoms with Crippen LogP contribution < -0.4 is 5.32 Å². The lowest BCUT2D eigenvalue weighted by atomic mass is 10.0. The van der Waals surface area contributed by atoms with E-state index in [0.717, 1.165) is 11.8 Å². The zero-order valence-electron chi connectivity index (χ0n) is 14.1. The molecule has 1 unspecified atom stereocenters. The maximum atomic E-state index is 12.2. The fourth-order valence-electron chi connectivity index (χ4n) is 2.51. The predicted molar refractivity (Wildman–Crippen MR) is 92.4 cm³/mol. The molecule has 2 N–H and O–H groups in total. The summed E-state index contributed by atoms with van der Waals surface area (Å²) in [7, 11) is 0. The Morgan fingerprint density at radius 3 is 2.62 bits per heavy atom. The van der Waals surface area contributed by atoms with Crippen molar-refractivity contribution in [1.82, 2.24) is 15.1 Å². The van der Waals surface area contributed by atoms with Crippen molar-refractivity contribution in [2.75, 3.05) is 0 Å². The molecule has 9 heteroatoms. The van der Waals surface area contributed by atoms with E-state index < -0.39 is 10.9 Å². The lowest BCUT2D eigenvalue weighted by Gasteiger charge is -2.18. The van der Waals surface area contributed by atoms with Crippen LogP contribution in [0.25, 0.3) is 0 Å². The Balaban J connectivity index is 1.89. The molecular weight excluding hydrogens is 340 g/mol. The SMILES string of the molecule is O=C(O)CCC(Cc1ccccc1)NC(=O)CCn1cc([N+](=O)[O-])cn1. The molecule has 0 spiro atoms. The first-order chi connectivity index (χ1) is 12.4. The minimum atomic E-state index is -0.916. The normalized spacial score (nSPS) is 11.7. The zero-order valence-corrected chi connectivity index (χ0v) is 14.1. The number of carboxylic acids is 1. The molecule has 0 saturated carbocycles. The molecule has 1 heterocycles. The summed E-state index contributed by atoms with van der Waals surface area (Å²) in [6.07, 6.45) is 3.30. The molecule has 0 radical (unpaired) electrons. The highest BCUT2D eigenvalue weighted by molar-refractivity contribution is 5.76. The molecule has 0 fully saturated rings. The fourth-order valence-corrected chi connectivity index (χ4v) is 2.51. The number of rotatable bonds is 10. The molecule has 0 aliphatic carbocycles. The summed E-state index contributed by atoms with van der Waals surface area (Å²) in [6, 6.07) is 9.20. The number of benzene rings is 1. The quantitative estimate of drug-likeness (QED) is 0.491. The first-order valence-corrected chi connectivity index (χ1v) is 8.16. The molecule has 1 amide bonds. The Bertz CT molecular complexity index is 760. The van der Waals surface area contributed by atoms with Crippen LogP contribution in [0.2, 0.25) is 0 Å². The fraction of sp³-hybridized carbons (Fsp3) is 0.353. The number of nitrogens with zero attached hydrogens (tertiary/aromatic N) is 3. The first kappa shape index (κ1) is 19.1. The number of aliphatic carboxylic acids is 1. The second-order valence-corrected chi connectivity index (χ2v) is 5.86. The van der Waals surface area contributed by atoms with Crippen LogP contribution >= 0.6 is 0 Å². The van der Waals surface area contributed by atoms with E-state index in [1.54, 1.807) is 0 Å². The number of nitrogens with one attached hydrogen (secondary N) is 1. The molecule has 1 aromatic carbocycles. The number of nitro groups is 1. The minimum Gasteiger partial charge on any atom is -0.481 e. The molecule has 0 aliphatic rings. The number of aryl methyl sites for hydroxylation is 1. The average Bonchev–Trinajstić information content (AvgIpc) is 3.08. The van der Waals surface area contributed by atoms with Gasteiger partial charge in [-0.25, -0.2) is 0 Å². The van der Waals surface area contributed by atoms with Gasteiger partial charge in [0.1, 0.15) is 12.4 Å². The zero-order chi connectivity index (χ0) is 18.9. The van der Waals surface area contributed by atoms with E-state index in [2.05, 4.69) is 10.4 Å². The first-order valence-electron chi connectivity index (χ1n) is 8.16. The van der Waals surface area contributed by atoms with Crippen LogP contribution in [0.1, 0.15) is 24.8 Å². The number of amides is 1. The van der Waals surface area contributed by atoms with Gasteiger partial charge in [0.15, 0.2) is 0 Å². The van der Waals surface area contributed by atoms with Crippen LogP contribution in [-0.4, -0.2) is 37.7 Å². The van der Waals surface area contributed by atoms with E-state index >= 15 is 0 Å². The summed E-state index contributed by atoms with van der Waals surface area (Å²) in [6.45, 7) is 0.205. The lowest BCUT2D eigenvalue weighted by Crippen LogP contribution is -2.37. The molecule has 0 bridgehead atoms. The Labute approximate surface area is 149 Å². The van der Waals surface area contributed by atoms with Gasteiger partial charge in [0.05, 0.1) is 4.92 Å². The maximum Gasteiger partial charge on any atom is 0.306 e. The van der Waals surface area contributed by atoms with Crippen molar-refractivity contribution in [2.24, 2.45) is 0 Å². The number of aromatic nitrogens is 2. The summed E-state index contributed by atoms with van der Waals surface area (Å²) in [4.78, 5) is 33.1. The van der Waals surface area contributed by atoms with E-state index in [1.807, 2.05) is 30.3 Å². The van der Waals surface area contributed by atoms with Crippen LogP contribution in [0.4, 0.5) is 5.69 Å². The summed E-state index contributed by atoms with van der Waals surface area (Å²) in [5.74, 6) is -1.17. The van der Waals surface area contributed by atoms with E-state index in [0.29, 0.717) is 12.8 Å². The second-order valence-electron chi connectivity index (χ2n) is 5.86. The number of carboxylic acid groups (broad SMARTS) is 1. The van der Waals surface area contributed by atoms with Crippen LogP contribution in [-0.2, 0) is 22.6 Å². The molecule has 2 aromatic rings. The van der Waals surface area contributed by atoms with Crippen molar-refractivity contribution in [2.45, 2.75) is 38.3 Å². The van der Waals surface area contributed by atoms with Crippen molar-refractivity contribution in [3.05, 3.63) is 58.4 Å². The number of carbonyl (C=O) groups is 2. The number of hydrogen-bond acceptors (Lipinski definition) is 5. The summed E-state index contributed by atoms with van der Waals surface area (Å²) >= 11 is 0. The third kappa shape index (κ3) is 6.34. The molecule has 138 valence electrons. The van der Waals surface area contributed by atoms with E-state index in [4.69, 9.17) is 5.11 Å². The maximum absolute atomic E-state index is 12.2. The van der Waals surface area contributed by atoms with Crippen LogP contribution in [0, 0.1) is 10.1 Å². The van der Waals surface area contributed by atoms with E-state index in [9.17, 15) is 19.7 Å². The van der Waals surface area contributed by atoms with Gasteiger partial charge in [0.25, 0.3) is 0 Å². The molecule has 2 rings (SSSR count). The standard InChI is InChI=1S/C17H20N4O5/c22-16(8-9-20-12-15(11-18-20)21(25)26)19-14(6-7-17(23)24)10-13-4-2-1-3-5-13/h1-5,11-12,14H,6-10H2,(H,19,22)(H,23,24). The van der Waals surface area contributed by atoms with Crippen molar-refractivity contribution in [1.29, 1.82) is 0 Å².